The van der Waals surface area contributed by atoms with Gasteiger partial charge in [0.25, 0.3) is 0 Å². The summed E-state index contributed by atoms with van der Waals surface area (Å²) in [5, 5.41) is 21.3. The Morgan fingerprint density at radius 2 is 2.27 bits per heavy atom. The summed E-state index contributed by atoms with van der Waals surface area (Å²) in [6, 6.07) is 5.87. The van der Waals surface area contributed by atoms with Gasteiger partial charge in [-0.2, -0.15) is 5.10 Å². The van der Waals surface area contributed by atoms with Gasteiger partial charge in [-0.3, -0.25) is 4.99 Å². The van der Waals surface area contributed by atoms with Gasteiger partial charge < -0.3 is 21.0 Å². The Balaban J connectivity index is 2.00. The Morgan fingerprint density at radius 1 is 1.43 bits per heavy atom. The number of aromatic nitrogens is 2. The number of benzene rings is 1. The van der Waals surface area contributed by atoms with E-state index < -0.39 is 0 Å². The zero-order valence-corrected chi connectivity index (χ0v) is 17.2. The van der Waals surface area contributed by atoms with Crippen molar-refractivity contribution in [3.05, 3.63) is 35.5 Å². The van der Waals surface area contributed by atoms with Crippen LogP contribution < -0.4 is 10.5 Å². The van der Waals surface area contributed by atoms with E-state index in [9.17, 15) is 0 Å². The van der Waals surface area contributed by atoms with Gasteiger partial charge in [0.05, 0.1) is 37.7 Å². The molecule has 9 heteroatoms. The molecule has 0 saturated carbocycles. The standard InChI is InChI=1S/C21H27N7O2/c1-14(2)26-21(25-13-23)28-12-16-5-8-30-19-9-15(3-4-18(19)20(16)27-28)17(10-22)11-24-6-7-29/h3-4,9-14,17,22,29H,5-8H2,1-2H3,(H2,23,25,26). The Hall–Kier alpha value is -3.33. The van der Waals surface area contributed by atoms with Crippen LogP contribution in [0.5, 0.6) is 5.75 Å². The van der Waals surface area contributed by atoms with Gasteiger partial charge in [-0.25, -0.2) is 14.7 Å². The van der Waals surface area contributed by atoms with Crippen LogP contribution in [-0.2, 0) is 6.42 Å². The third kappa shape index (κ3) is 4.80. The third-order valence-corrected chi connectivity index (χ3v) is 4.51. The minimum atomic E-state index is -0.283. The minimum Gasteiger partial charge on any atom is -0.493 e. The van der Waals surface area contributed by atoms with Crippen molar-refractivity contribution in [2.75, 3.05) is 19.8 Å². The number of fused-ring (bicyclic) bond motifs is 3. The normalized spacial score (nSPS) is 15.1. The van der Waals surface area contributed by atoms with Gasteiger partial charge in [-0.1, -0.05) is 6.07 Å². The van der Waals surface area contributed by atoms with E-state index in [0.29, 0.717) is 31.3 Å². The summed E-state index contributed by atoms with van der Waals surface area (Å²) >= 11 is 0. The molecule has 0 amide bonds. The molecule has 1 atom stereocenters. The van der Waals surface area contributed by atoms with Crippen molar-refractivity contribution in [2.24, 2.45) is 20.7 Å². The van der Waals surface area contributed by atoms with E-state index >= 15 is 0 Å². The van der Waals surface area contributed by atoms with Crippen molar-refractivity contribution in [1.82, 2.24) is 9.78 Å². The van der Waals surface area contributed by atoms with E-state index in [4.69, 9.17) is 26.1 Å². The summed E-state index contributed by atoms with van der Waals surface area (Å²) in [7, 11) is 0. The van der Waals surface area contributed by atoms with Gasteiger partial charge in [0.15, 0.2) is 0 Å². The first-order valence-electron chi connectivity index (χ1n) is 9.86. The maximum Gasteiger partial charge on any atom is 0.247 e. The molecule has 9 nitrogen and oxygen atoms in total. The second-order valence-electron chi connectivity index (χ2n) is 7.07. The number of aliphatic imine (C=N–C) groups is 3. The van der Waals surface area contributed by atoms with Crippen LogP contribution in [0.25, 0.3) is 11.3 Å². The number of ether oxygens (including phenoxy) is 1. The van der Waals surface area contributed by atoms with E-state index in [1.807, 2.05) is 38.2 Å². The Morgan fingerprint density at radius 3 is 2.97 bits per heavy atom. The number of aliphatic hydroxyl groups excluding tert-OH is 1. The molecule has 0 saturated heterocycles. The summed E-state index contributed by atoms with van der Waals surface area (Å²) in [5.74, 6) is 0.863. The second kappa shape index (κ2) is 9.93. The molecule has 1 unspecified atom stereocenters. The summed E-state index contributed by atoms with van der Waals surface area (Å²) in [6.07, 6.45) is 6.82. The van der Waals surface area contributed by atoms with Gasteiger partial charge in [0.2, 0.25) is 5.96 Å². The van der Waals surface area contributed by atoms with E-state index in [1.54, 1.807) is 10.9 Å². The molecule has 1 aromatic carbocycles. The summed E-state index contributed by atoms with van der Waals surface area (Å²) in [5.41, 5.74) is 9.12. The molecule has 0 aliphatic carbocycles. The van der Waals surface area contributed by atoms with Crippen molar-refractivity contribution < 1.29 is 9.84 Å². The summed E-state index contributed by atoms with van der Waals surface area (Å²) in [4.78, 5) is 12.8. The van der Waals surface area contributed by atoms with Gasteiger partial charge in [0.1, 0.15) is 5.75 Å². The largest absolute Gasteiger partial charge is 0.493 e. The van der Waals surface area contributed by atoms with Crippen LogP contribution in [0.3, 0.4) is 0 Å². The fourth-order valence-corrected chi connectivity index (χ4v) is 3.17. The van der Waals surface area contributed by atoms with Crippen LogP contribution in [-0.4, -0.2) is 65.4 Å². The lowest BCUT2D eigenvalue weighted by Gasteiger charge is -2.12. The SMILES string of the molecule is CC(C)N=C(N=CN)n1cc2c(n1)-c1ccc(C(C=N)C=NCCO)cc1OCC2. The van der Waals surface area contributed by atoms with Gasteiger partial charge in [-0.05, 0) is 31.5 Å². The molecule has 0 radical (unpaired) electrons. The lowest BCUT2D eigenvalue weighted by molar-refractivity contribution is 0.307. The molecular formula is C21H27N7O2. The minimum absolute atomic E-state index is 0.0176. The number of hydrogen-bond donors (Lipinski definition) is 3. The number of nitrogens with zero attached hydrogens (tertiary/aromatic N) is 5. The van der Waals surface area contributed by atoms with Crippen molar-refractivity contribution in [3.8, 4) is 17.0 Å². The first kappa shape index (κ1) is 21.4. The van der Waals surface area contributed by atoms with Crippen LogP contribution in [0.4, 0.5) is 0 Å². The lowest BCUT2D eigenvalue weighted by Crippen LogP contribution is -2.14. The predicted molar refractivity (Wildman–Crippen MR) is 119 cm³/mol. The summed E-state index contributed by atoms with van der Waals surface area (Å²) < 4.78 is 7.63. The molecule has 1 aromatic heterocycles. The van der Waals surface area contributed by atoms with Crippen molar-refractivity contribution in [1.29, 1.82) is 5.41 Å². The second-order valence-corrected chi connectivity index (χ2v) is 7.07. The highest BCUT2D eigenvalue weighted by Gasteiger charge is 2.22. The molecule has 0 fully saturated rings. The highest BCUT2D eigenvalue weighted by Crippen LogP contribution is 2.36. The molecule has 3 rings (SSSR count). The van der Waals surface area contributed by atoms with Gasteiger partial charge in [-0.15, -0.1) is 0 Å². The average Bonchev–Trinajstić information content (AvgIpc) is 3.07. The smallest absolute Gasteiger partial charge is 0.247 e. The van der Waals surface area contributed by atoms with Crippen LogP contribution in [0.2, 0.25) is 0 Å². The Kier molecular flexibility index (Phi) is 7.08. The predicted octanol–water partition coefficient (Wildman–Crippen LogP) is 1.88. The fraction of sp³-hybridized carbons (Fsp3) is 0.381. The molecule has 1 aliphatic heterocycles. The maximum absolute atomic E-state index is 8.90. The molecule has 1 aliphatic rings. The summed E-state index contributed by atoms with van der Waals surface area (Å²) in [6.45, 7) is 4.75. The zero-order valence-electron chi connectivity index (χ0n) is 17.2. The van der Waals surface area contributed by atoms with Crippen molar-refractivity contribution in [3.63, 3.8) is 0 Å². The molecule has 2 aromatic rings. The molecule has 2 heterocycles. The quantitative estimate of drug-likeness (QED) is 0.496. The zero-order chi connectivity index (χ0) is 21.5. The van der Waals surface area contributed by atoms with Crippen LogP contribution >= 0.6 is 0 Å². The third-order valence-electron chi connectivity index (χ3n) is 4.51. The Labute approximate surface area is 175 Å². The number of hydrogen-bond acceptors (Lipinski definition) is 6. The fourth-order valence-electron chi connectivity index (χ4n) is 3.17. The van der Waals surface area contributed by atoms with Crippen LogP contribution in [0.1, 0.15) is 30.9 Å². The van der Waals surface area contributed by atoms with E-state index in [0.717, 1.165) is 22.4 Å². The molecule has 0 bridgehead atoms. The lowest BCUT2D eigenvalue weighted by atomic mass is 9.97. The van der Waals surface area contributed by atoms with Gasteiger partial charge >= 0.3 is 0 Å². The number of nitrogens with two attached hydrogens (primary N) is 1. The molecule has 0 spiro atoms. The molecule has 30 heavy (non-hydrogen) atoms. The molecule has 4 N–H and O–H groups in total. The number of rotatable bonds is 6. The van der Waals surface area contributed by atoms with E-state index in [2.05, 4.69) is 15.0 Å². The van der Waals surface area contributed by atoms with E-state index in [1.165, 1.54) is 12.6 Å². The monoisotopic (exact) mass is 409 g/mol. The highest BCUT2D eigenvalue weighted by atomic mass is 16.5. The van der Waals surface area contributed by atoms with Crippen molar-refractivity contribution >= 4 is 24.7 Å². The Bertz CT molecular complexity index is 976. The maximum atomic E-state index is 8.90. The first-order valence-corrected chi connectivity index (χ1v) is 9.86. The topological polar surface area (TPSA) is 134 Å². The van der Waals surface area contributed by atoms with Crippen LogP contribution in [0, 0.1) is 5.41 Å². The van der Waals surface area contributed by atoms with E-state index in [-0.39, 0.29) is 18.6 Å². The van der Waals surface area contributed by atoms with Crippen molar-refractivity contribution in [2.45, 2.75) is 32.2 Å². The number of aliphatic hydroxyl groups is 1. The molecule has 158 valence electrons. The number of nitrogens with one attached hydrogen (secondary N) is 1. The first-order chi connectivity index (χ1) is 14.6. The van der Waals surface area contributed by atoms with Gasteiger partial charge in [0, 0.05) is 42.2 Å². The highest BCUT2D eigenvalue weighted by molar-refractivity contribution is 5.90. The molecular weight excluding hydrogens is 382 g/mol. The van der Waals surface area contributed by atoms with Crippen LogP contribution in [0.15, 0.2) is 39.4 Å². The average molecular weight is 409 g/mol.